The van der Waals surface area contributed by atoms with Crippen molar-refractivity contribution in [2.24, 2.45) is 5.92 Å². The highest BCUT2D eigenvalue weighted by Gasteiger charge is 2.28. The number of sulfonamides is 1. The van der Waals surface area contributed by atoms with E-state index in [0.717, 1.165) is 12.8 Å². The minimum Gasteiger partial charge on any atom is -0.377 e. The Labute approximate surface area is 140 Å². The molecule has 0 radical (unpaired) electrons. The zero-order chi connectivity index (χ0) is 17.3. The Morgan fingerprint density at radius 3 is 2.58 bits per heavy atom. The van der Waals surface area contributed by atoms with Crippen molar-refractivity contribution in [3.8, 4) is 0 Å². The van der Waals surface area contributed by atoms with Gasteiger partial charge in [-0.2, -0.15) is 0 Å². The Kier molecular flexibility index (Phi) is 4.57. The van der Waals surface area contributed by atoms with E-state index in [4.69, 9.17) is 4.74 Å². The van der Waals surface area contributed by atoms with Crippen molar-refractivity contribution in [3.63, 3.8) is 0 Å². The summed E-state index contributed by atoms with van der Waals surface area (Å²) in [6.07, 6.45) is 1.64. The first-order chi connectivity index (χ1) is 11.4. The van der Waals surface area contributed by atoms with Crippen LogP contribution in [0.4, 0.5) is 11.4 Å². The van der Waals surface area contributed by atoms with Gasteiger partial charge in [-0.25, -0.2) is 13.1 Å². The number of amides is 2. The normalized spacial score (nSPS) is 24.0. The van der Waals surface area contributed by atoms with Gasteiger partial charge in [0.15, 0.2) is 0 Å². The van der Waals surface area contributed by atoms with Gasteiger partial charge >= 0.3 is 0 Å². The monoisotopic (exact) mass is 353 g/mol. The molecule has 0 aliphatic carbocycles. The fourth-order valence-corrected chi connectivity index (χ4v) is 3.69. The molecule has 2 amide bonds. The summed E-state index contributed by atoms with van der Waals surface area (Å²) in [5, 5.41) is 5.17. The zero-order valence-corrected chi connectivity index (χ0v) is 14.0. The van der Waals surface area contributed by atoms with Crippen LogP contribution in [-0.4, -0.2) is 39.5 Å². The molecular weight excluding hydrogens is 334 g/mol. The zero-order valence-electron chi connectivity index (χ0n) is 13.2. The molecule has 3 N–H and O–H groups in total. The van der Waals surface area contributed by atoms with E-state index in [2.05, 4.69) is 15.4 Å². The molecule has 0 spiro atoms. The summed E-state index contributed by atoms with van der Waals surface area (Å²) in [4.78, 5) is 23.7. The molecule has 2 aliphatic rings. The summed E-state index contributed by atoms with van der Waals surface area (Å²) < 4.78 is 32.7. The molecule has 2 atom stereocenters. The highest BCUT2D eigenvalue weighted by Crippen LogP contribution is 2.28. The Bertz CT molecular complexity index is 771. The highest BCUT2D eigenvalue weighted by atomic mass is 32.2. The van der Waals surface area contributed by atoms with Crippen molar-refractivity contribution in [1.82, 2.24) is 4.72 Å². The third-order valence-electron chi connectivity index (χ3n) is 4.13. The number of rotatable bonds is 4. The molecule has 1 aromatic rings. The second-order valence-corrected chi connectivity index (χ2v) is 7.66. The maximum absolute atomic E-state index is 12.4. The van der Waals surface area contributed by atoms with Gasteiger partial charge in [0.05, 0.1) is 22.4 Å². The molecule has 2 unspecified atom stereocenters. The number of carbonyl (C=O) groups is 2. The molecule has 130 valence electrons. The summed E-state index contributed by atoms with van der Waals surface area (Å²) >= 11 is 0. The van der Waals surface area contributed by atoms with Crippen molar-refractivity contribution >= 4 is 33.2 Å². The van der Waals surface area contributed by atoms with Gasteiger partial charge in [0.1, 0.15) is 5.92 Å². The summed E-state index contributed by atoms with van der Waals surface area (Å²) in [5.41, 5.74) is 0.633. The largest absolute Gasteiger partial charge is 0.377 e. The van der Waals surface area contributed by atoms with E-state index in [1.807, 2.05) is 0 Å². The smallest absolute Gasteiger partial charge is 0.240 e. The molecule has 24 heavy (non-hydrogen) atoms. The summed E-state index contributed by atoms with van der Waals surface area (Å²) in [7, 11) is -3.73. The molecule has 8 nitrogen and oxygen atoms in total. The van der Waals surface area contributed by atoms with Gasteiger partial charge in [-0.05, 0) is 38.0 Å². The average molecular weight is 353 g/mol. The van der Waals surface area contributed by atoms with Gasteiger partial charge in [-0.1, -0.05) is 0 Å². The van der Waals surface area contributed by atoms with Crippen LogP contribution in [0.15, 0.2) is 23.1 Å². The number of carbonyl (C=O) groups excluding carboxylic acids is 2. The number of fused-ring (bicyclic) bond motifs is 1. The van der Waals surface area contributed by atoms with E-state index in [-0.39, 0.29) is 23.2 Å². The quantitative estimate of drug-likeness (QED) is 0.689. The molecule has 0 bridgehead atoms. The van der Waals surface area contributed by atoms with Crippen molar-refractivity contribution in [2.45, 2.75) is 30.8 Å². The number of nitrogens with one attached hydrogen (secondary N) is 3. The van der Waals surface area contributed by atoms with Crippen molar-refractivity contribution in [2.75, 3.05) is 23.8 Å². The molecule has 0 aromatic heterocycles. The number of hydrogen-bond donors (Lipinski definition) is 3. The predicted octanol–water partition coefficient (Wildman–Crippen LogP) is 0.671. The van der Waals surface area contributed by atoms with Crippen LogP contribution < -0.4 is 15.4 Å². The highest BCUT2D eigenvalue weighted by molar-refractivity contribution is 7.89. The van der Waals surface area contributed by atoms with E-state index in [9.17, 15) is 18.0 Å². The van der Waals surface area contributed by atoms with Crippen LogP contribution in [0.1, 0.15) is 19.8 Å². The van der Waals surface area contributed by atoms with Gasteiger partial charge < -0.3 is 15.4 Å². The van der Waals surface area contributed by atoms with Gasteiger partial charge in [-0.15, -0.1) is 0 Å². The predicted molar refractivity (Wildman–Crippen MR) is 87.0 cm³/mol. The summed E-state index contributed by atoms with van der Waals surface area (Å²) in [5.74, 6) is -1.76. The Morgan fingerprint density at radius 2 is 1.92 bits per heavy atom. The van der Waals surface area contributed by atoms with Gasteiger partial charge in [-0.3, -0.25) is 9.59 Å². The topological polar surface area (TPSA) is 114 Å². The first-order valence-corrected chi connectivity index (χ1v) is 9.22. The van der Waals surface area contributed by atoms with Gasteiger partial charge in [0.2, 0.25) is 21.8 Å². The standard InChI is InChI=1S/C15H19N3O5S/c1-9-14(19)17-12-5-4-11(7-13(12)18-15(9)20)24(21,22)16-8-10-3-2-6-23-10/h4-5,7,9-10,16H,2-3,6,8H2,1H3,(H,17,19)(H,18,20). The molecule has 1 fully saturated rings. The number of anilines is 2. The Morgan fingerprint density at radius 1 is 1.21 bits per heavy atom. The van der Waals surface area contributed by atoms with Crippen molar-refractivity contribution in [1.29, 1.82) is 0 Å². The minimum atomic E-state index is -3.73. The van der Waals surface area contributed by atoms with Crippen LogP contribution >= 0.6 is 0 Å². The lowest BCUT2D eigenvalue weighted by Crippen LogP contribution is -2.31. The molecule has 1 saturated heterocycles. The van der Waals surface area contributed by atoms with Crippen LogP contribution in [0.3, 0.4) is 0 Å². The summed E-state index contributed by atoms with van der Waals surface area (Å²) in [6.45, 7) is 2.34. The van der Waals surface area contributed by atoms with E-state index in [1.54, 1.807) is 0 Å². The molecule has 9 heteroatoms. The van der Waals surface area contributed by atoms with Crippen LogP contribution in [0.25, 0.3) is 0 Å². The summed E-state index contributed by atoms with van der Waals surface area (Å²) in [6, 6.07) is 4.19. The van der Waals surface area contributed by atoms with E-state index in [0.29, 0.717) is 12.3 Å². The van der Waals surface area contributed by atoms with E-state index >= 15 is 0 Å². The minimum absolute atomic E-state index is 0.0170. The van der Waals surface area contributed by atoms with Crippen molar-refractivity contribution in [3.05, 3.63) is 18.2 Å². The fraction of sp³-hybridized carbons (Fsp3) is 0.467. The molecule has 1 aromatic carbocycles. The van der Waals surface area contributed by atoms with Crippen LogP contribution in [0.2, 0.25) is 0 Å². The van der Waals surface area contributed by atoms with Gasteiger partial charge in [0, 0.05) is 13.2 Å². The maximum atomic E-state index is 12.4. The van der Waals surface area contributed by atoms with Crippen molar-refractivity contribution < 1.29 is 22.7 Å². The first-order valence-electron chi connectivity index (χ1n) is 7.74. The SMILES string of the molecule is CC1C(=O)Nc2ccc(S(=O)(=O)NCC3CCCO3)cc2NC1=O. The van der Waals surface area contributed by atoms with Crippen LogP contribution in [-0.2, 0) is 24.3 Å². The Hall–Kier alpha value is -1.97. The Balaban J connectivity index is 1.81. The maximum Gasteiger partial charge on any atom is 0.240 e. The lowest BCUT2D eigenvalue weighted by Gasteiger charge is -2.13. The van der Waals surface area contributed by atoms with E-state index < -0.39 is 27.8 Å². The number of ether oxygens (including phenoxy) is 1. The third kappa shape index (κ3) is 3.42. The molecule has 3 rings (SSSR count). The fourth-order valence-electron chi connectivity index (χ4n) is 2.60. The lowest BCUT2D eigenvalue weighted by atomic mass is 10.1. The molecular formula is C15H19N3O5S. The van der Waals surface area contributed by atoms with Crippen LogP contribution in [0.5, 0.6) is 0 Å². The molecule has 2 aliphatic heterocycles. The van der Waals surface area contributed by atoms with E-state index in [1.165, 1.54) is 25.1 Å². The second-order valence-electron chi connectivity index (χ2n) is 5.89. The second kappa shape index (κ2) is 6.50. The third-order valence-corrected chi connectivity index (χ3v) is 5.55. The van der Waals surface area contributed by atoms with Crippen LogP contribution in [0, 0.1) is 5.92 Å². The average Bonchev–Trinajstić information content (AvgIpc) is 3.03. The molecule has 0 saturated carbocycles. The number of benzene rings is 1. The first kappa shape index (κ1) is 16.9. The molecule has 2 heterocycles. The van der Waals surface area contributed by atoms with Gasteiger partial charge in [0.25, 0.3) is 0 Å². The number of hydrogen-bond acceptors (Lipinski definition) is 5. The lowest BCUT2D eigenvalue weighted by molar-refractivity contribution is -0.128.